The van der Waals surface area contributed by atoms with Gasteiger partial charge in [0.2, 0.25) is 5.88 Å². The van der Waals surface area contributed by atoms with Crippen molar-refractivity contribution >= 4 is 11.6 Å². The highest BCUT2D eigenvalue weighted by molar-refractivity contribution is 6.21. The Hall–Kier alpha value is -1.79. The second-order valence-corrected chi connectivity index (χ2v) is 4.45. The van der Waals surface area contributed by atoms with Crippen molar-refractivity contribution in [2.75, 3.05) is 0 Å². The molecule has 0 spiro atoms. The monoisotopic (exact) mass is 299 g/mol. The van der Waals surface area contributed by atoms with Crippen molar-refractivity contribution in [1.82, 2.24) is 9.97 Å². The first-order valence-electron chi connectivity index (χ1n) is 5.80. The minimum absolute atomic E-state index is 0.0379. The van der Waals surface area contributed by atoms with Crippen LogP contribution >= 0.6 is 11.6 Å². The molecule has 0 aliphatic rings. The van der Waals surface area contributed by atoms with Gasteiger partial charge in [0.1, 0.15) is 12.3 Å². The molecule has 7 heteroatoms. The van der Waals surface area contributed by atoms with Gasteiger partial charge < -0.3 is 10.5 Å². The van der Waals surface area contributed by atoms with Gasteiger partial charge in [0.25, 0.3) is 0 Å². The number of nitrogens with two attached hydrogens (primary N) is 1. The van der Waals surface area contributed by atoms with Crippen molar-refractivity contribution in [2.24, 2.45) is 5.73 Å². The second-order valence-electron chi connectivity index (χ2n) is 3.97. The third-order valence-corrected chi connectivity index (χ3v) is 2.73. The van der Waals surface area contributed by atoms with Crippen LogP contribution in [0, 0.1) is 0 Å². The van der Waals surface area contributed by atoms with Crippen molar-refractivity contribution in [1.29, 1.82) is 0 Å². The number of aromatic nitrogens is 2. The van der Waals surface area contributed by atoms with Crippen molar-refractivity contribution in [2.45, 2.75) is 18.5 Å². The zero-order valence-corrected chi connectivity index (χ0v) is 11.1. The van der Waals surface area contributed by atoms with Crippen LogP contribution in [0.25, 0.3) is 0 Å². The summed E-state index contributed by atoms with van der Waals surface area (Å²) in [5.41, 5.74) is 6.12. The third kappa shape index (κ3) is 3.61. The van der Waals surface area contributed by atoms with Gasteiger partial charge in [0.15, 0.2) is 0 Å². The molecule has 0 saturated heterocycles. The number of hydrogen-bond donors (Lipinski definition) is 1. The molecule has 2 N–H and O–H groups in total. The molecule has 4 nitrogen and oxygen atoms in total. The number of rotatable bonds is 5. The van der Waals surface area contributed by atoms with E-state index in [9.17, 15) is 8.78 Å². The Bertz CT molecular complexity index is 576. The Balaban J connectivity index is 2.21. The van der Waals surface area contributed by atoms with E-state index in [0.29, 0.717) is 11.3 Å². The van der Waals surface area contributed by atoms with Gasteiger partial charge in [-0.15, -0.1) is 0 Å². The first-order valence-corrected chi connectivity index (χ1v) is 6.18. The van der Waals surface area contributed by atoms with Gasteiger partial charge in [-0.05, 0) is 29.8 Å². The van der Waals surface area contributed by atoms with E-state index in [1.54, 1.807) is 24.4 Å². The molecule has 0 aliphatic heterocycles. The van der Waals surface area contributed by atoms with Gasteiger partial charge in [0, 0.05) is 18.3 Å². The lowest BCUT2D eigenvalue weighted by molar-refractivity contribution is 0.0887. The molecule has 2 heterocycles. The largest absolute Gasteiger partial charge is 0.471 e. The summed E-state index contributed by atoms with van der Waals surface area (Å²) in [4.78, 5) is 7.78. The predicted molar refractivity (Wildman–Crippen MR) is 70.4 cm³/mol. The van der Waals surface area contributed by atoms with Crippen molar-refractivity contribution in [3.05, 3.63) is 53.5 Å². The molecule has 0 aromatic carbocycles. The van der Waals surface area contributed by atoms with Gasteiger partial charge in [-0.25, -0.2) is 4.98 Å². The summed E-state index contributed by atoms with van der Waals surface area (Å²) in [6.07, 6.45) is 1.61. The highest BCUT2D eigenvalue weighted by Gasteiger charge is 2.30. The van der Waals surface area contributed by atoms with E-state index in [0.717, 1.165) is 6.07 Å². The Labute approximate surface area is 119 Å². The van der Waals surface area contributed by atoms with E-state index in [2.05, 4.69) is 9.97 Å². The Morgan fingerprint density at radius 1 is 1.25 bits per heavy atom. The average Bonchev–Trinajstić information content (AvgIpc) is 2.45. The molecule has 0 aliphatic carbocycles. The van der Waals surface area contributed by atoms with Crippen LogP contribution in [0.2, 0.25) is 0 Å². The Morgan fingerprint density at radius 2 is 2.05 bits per heavy atom. The van der Waals surface area contributed by atoms with Crippen molar-refractivity contribution in [3.8, 4) is 5.88 Å². The van der Waals surface area contributed by atoms with Crippen LogP contribution in [0.4, 0.5) is 8.78 Å². The van der Waals surface area contributed by atoms with E-state index in [1.807, 2.05) is 0 Å². The summed E-state index contributed by atoms with van der Waals surface area (Å²) in [6.45, 7) is 0.233. The normalized spacial score (nSPS) is 11.4. The molecule has 2 rings (SSSR count). The quantitative estimate of drug-likeness (QED) is 0.862. The Morgan fingerprint density at radius 3 is 2.65 bits per heavy atom. The van der Waals surface area contributed by atoms with E-state index in [1.165, 1.54) is 6.07 Å². The lowest BCUT2D eigenvalue weighted by Crippen LogP contribution is -2.11. The van der Waals surface area contributed by atoms with Gasteiger partial charge in [0.05, 0.1) is 5.69 Å². The first kappa shape index (κ1) is 14.6. The molecule has 0 amide bonds. The minimum Gasteiger partial charge on any atom is -0.471 e. The molecule has 106 valence electrons. The maximum atomic E-state index is 13.0. The van der Waals surface area contributed by atoms with Crippen LogP contribution in [0.5, 0.6) is 5.88 Å². The summed E-state index contributed by atoms with van der Waals surface area (Å²) in [5, 5.41) is -3.55. The zero-order chi connectivity index (χ0) is 14.6. The first-order chi connectivity index (χ1) is 9.50. The van der Waals surface area contributed by atoms with Gasteiger partial charge >= 0.3 is 5.38 Å². The SMILES string of the molecule is NCc1ccc(C(F)(F)Cl)nc1OCc1ccccn1. The fourth-order valence-corrected chi connectivity index (χ4v) is 1.64. The molecule has 20 heavy (non-hydrogen) atoms. The maximum absolute atomic E-state index is 13.0. The smallest absolute Gasteiger partial charge is 0.364 e. The molecular formula is C13H12ClF2N3O. The zero-order valence-electron chi connectivity index (χ0n) is 10.4. The lowest BCUT2D eigenvalue weighted by Gasteiger charge is -2.13. The van der Waals surface area contributed by atoms with E-state index >= 15 is 0 Å². The van der Waals surface area contributed by atoms with Crippen LogP contribution in [0.1, 0.15) is 17.0 Å². The topological polar surface area (TPSA) is 61.0 Å². The fourth-order valence-electron chi connectivity index (χ4n) is 1.53. The standard InChI is InChI=1S/C13H12ClF2N3O/c14-13(15,16)11-5-4-9(7-17)12(19-11)20-8-10-3-1-2-6-18-10/h1-6H,7-8,17H2. The predicted octanol–water partition coefficient (Wildman–Crippen LogP) is 2.80. The second kappa shape index (κ2) is 6.11. The van der Waals surface area contributed by atoms with Gasteiger partial charge in [-0.2, -0.15) is 8.78 Å². The average molecular weight is 300 g/mol. The van der Waals surface area contributed by atoms with Crippen LogP contribution in [0.15, 0.2) is 36.5 Å². The Kier molecular flexibility index (Phi) is 4.46. The summed E-state index contributed by atoms with van der Waals surface area (Å²) in [5.74, 6) is 0.0379. The lowest BCUT2D eigenvalue weighted by atomic mass is 10.2. The molecule has 2 aromatic heterocycles. The molecule has 0 fully saturated rings. The maximum Gasteiger partial charge on any atom is 0.364 e. The highest BCUT2D eigenvalue weighted by Crippen LogP contribution is 2.32. The van der Waals surface area contributed by atoms with E-state index < -0.39 is 11.1 Å². The van der Waals surface area contributed by atoms with Crippen LogP contribution in [-0.2, 0) is 18.5 Å². The highest BCUT2D eigenvalue weighted by atomic mass is 35.5. The van der Waals surface area contributed by atoms with Gasteiger partial charge in [-0.1, -0.05) is 12.1 Å². The fraction of sp³-hybridized carbons (Fsp3) is 0.231. The molecule has 0 saturated carbocycles. The number of nitrogens with zero attached hydrogens (tertiary/aromatic N) is 2. The summed E-state index contributed by atoms with van der Waals surface area (Å²) < 4.78 is 31.5. The summed E-state index contributed by atoms with van der Waals surface area (Å²) >= 11 is 4.95. The molecule has 0 unspecified atom stereocenters. The summed E-state index contributed by atoms with van der Waals surface area (Å²) in [6, 6.07) is 7.87. The summed E-state index contributed by atoms with van der Waals surface area (Å²) in [7, 11) is 0. The number of alkyl halides is 3. The van der Waals surface area contributed by atoms with E-state index in [-0.39, 0.29) is 19.0 Å². The molecular weight excluding hydrogens is 288 g/mol. The van der Waals surface area contributed by atoms with Crippen molar-refractivity contribution < 1.29 is 13.5 Å². The van der Waals surface area contributed by atoms with Crippen LogP contribution in [0.3, 0.4) is 0 Å². The molecule has 0 atom stereocenters. The third-order valence-electron chi connectivity index (χ3n) is 2.53. The van der Waals surface area contributed by atoms with E-state index in [4.69, 9.17) is 22.1 Å². The molecule has 0 radical (unpaired) electrons. The number of halogens is 3. The molecule has 0 bridgehead atoms. The minimum atomic E-state index is -3.55. The number of ether oxygens (including phenoxy) is 1. The molecule has 2 aromatic rings. The number of hydrogen-bond acceptors (Lipinski definition) is 4. The van der Waals surface area contributed by atoms with Crippen LogP contribution < -0.4 is 10.5 Å². The number of pyridine rings is 2. The van der Waals surface area contributed by atoms with Gasteiger partial charge in [-0.3, -0.25) is 4.98 Å². The van der Waals surface area contributed by atoms with Crippen LogP contribution in [-0.4, -0.2) is 9.97 Å². The van der Waals surface area contributed by atoms with Crippen molar-refractivity contribution in [3.63, 3.8) is 0 Å².